The Hall–Kier alpha value is -3.41. The van der Waals surface area contributed by atoms with Gasteiger partial charge >= 0.3 is 0 Å². The van der Waals surface area contributed by atoms with Crippen LogP contribution in [0.5, 0.6) is 0 Å². The van der Waals surface area contributed by atoms with Crippen molar-refractivity contribution < 1.29 is 9.59 Å². The summed E-state index contributed by atoms with van der Waals surface area (Å²) in [6, 6.07) is 11.8. The molecule has 0 saturated heterocycles. The van der Waals surface area contributed by atoms with Gasteiger partial charge in [-0.25, -0.2) is 4.98 Å². The van der Waals surface area contributed by atoms with Crippen molar-refractivity contribution in [2.24, 2.45) is 5.41 Å². The lowest BCUT2D eigenvalue weighted by Crippen LogP contribution is -2.39. The zero-order valence-corrected chi connectivity index (χ0v) is 20.2. The number of hydrogen-bond donors (Lipinski definition) is 2. The molecule has 33 heavy (non-hydrogen) atoms. The standard InChI is InChI=1S/C27H32N4O2/c1-16-7-12-22(28-15-16)30-26(33)23-17(2)29-20-13-27(3,4)14-21(32)25(20)24(23)18-8-10-19(11-9-18)31(5)6/h7-12,15,24,29H,13-14H2,1-6H3,(H,28,30,33)/t24-/m1/s1. The fourth-order valence-electron chi connectivity index (χ4n) is 4.76. The topological polar surface area (TPSA) is 74.3 Å². The number of nitrogens with zero attached hydrogens (tertiary/aromatic N) is 2. The first-order valence-corrected chi connectivity index (χ1v) is 11.3. The summed E-state index contributed by atoms with van der Waals surface area (Å²) in [7, 11) is 3.98. The average molecular weight is 445 g/mol. The Morgan fingerprint density at radius 2 is 1.79 bits per heavy atom. The third-order valence-electron chi connectivity index (χ3n) is 6.38. The van der Waals surface area contributed by atoms with Crippen LogP contribution in [-0.2, 0) is 9.59 Å². The van der Waals surface area contributed by atoms with Gasteiger partial charge in [0.25, 0.3) is 5.91 Å². The Morgan fingerprint density at radius 3 is 2.39 bits per heavy atom. The Balaban J connectivity index is 1.79. The molecule has 6 nitrogen and oxygen atoms in total. The van der Waals surface area contributed by atoms with Crippen LogP contribution in [0.2, 0.25) is 0 Å². The zero-order valence-electron chi connectivity index (χ0n) is 20.2. The average Bonchev–Trinajstić information content (AvgIpc) is 2.73. The minimum atomic E-state index is -0.425. The van der Waals surface area contributed by atoms with Gasteiger partial charge in [-0.15, -0.1) is 0 Å². The van der Waals surface area contributed by atoms with E-state index < -0.39 is 5.92 Å². The molecule has 2 aliphatic rings. The summed E-state index contributed by atoms with van der Waals surface area (Å²) in [5.41, 5.74) is 5.87. The molecule has 0 spiro atoms. The van der Waals surface area contributed by atoms with E-state index in [1.165, 1.54) is 0 Å². The fraction of sp³-hybridized carbons (Fsp3) is 0.370. The molecule has 172 valence electrons. The second kappa shape index (κ2) is 8.50. The summed E-state index contributed by atoms with van der Waals surface area (Å²) in [5.74, 6) is -0.0843. The highest BCUT2D eigenvalue weighted by Gasteiger charge is 2.42. The number of nitrogens with one attached hydrogen (secondary N) is 2. The second-order valence-electron chi connectivity index (χ2n) is 10.1. The molecule has 0 bridgehead atoms. The molecule has 1 amide bonds. The van der Waals surface area contributed by atoms with Crippen molar-refractivity contribution in [3.05, 3.63) is 76.3 Å². The zero-order chi connectivity index (χ0) is 23.9. The minimum Gasteiger partial charge on any atom is -0.378 e. The quantitative estimate of drug-likeness (QED) is 0.715. The number of Topliss-reactive ketones (excluding diaryl/α,β-unsaturated/α-hetero) is 1. The predicted molar refractivity (Wildman–Crippen MR) is 132 cm³/mol. The normalized spacial score (nSPS) is 19.7. The number of ketones is 1. The molecule has 4 rings (SSSR count). The van der Waals surface area contributed by atoms with Crippen LogP contribution in [0, 0.1) is 12.3 Å². The molecule has 1 aromatic heterocycles. The predicted octanol–water partition coefficient (Wildman–Crippen LogP) is 4.70. The van der Waals surface area contributed by atoms with E-state index in [1.807, 2.05) is 63.2 Å². The maximum atomic E-state index is 13.5. The van der Waals surface area contributed by atoms with E-state index in [4.69, 9.17) is 0 Å². The molecule has 2 heterocycles. The molecule has 0 radical (unpaired) electrons. The smallest absolute Gasteiger partial charge is 0.255 e. The van der Waals surface area contributed by atoms with Gasteiger partial charge in [-0.1, -0.05) is 32.0 Å². The van der Waals surface area contributed by atoms with E-state index in [-0.39, 0.29) is 17.1 Å². The molecule has 0 unspecified atom stereocenters. The molecule has 0 fully saturated rings. The van der Waals surface area contributed by atoms with E-state index in [2.05, 4.69) is 29.5 Å². The number of pyridine rings is 1. The van der Waals surface area contributed by atoms with Gasteiger partial charge in [0.15, 0.2) is 5.78 Å². The number of aryl methyl sites for hydroxylation is 1. The van der Waals surface area contributed by atoms with Crippen molar-refractivity contribution in [2.75, 3.05) is 24.3 Å². The summed E-state index contributed by atoms with van der Waals surface area (Å²) in [6.45, 7) is 8.09. The Bertz CT molecular complexity index is 1160. The fourth-order valence-corrected chi connectivity index (χ4v) is 4.76. The monoisotopic (exact) mass is 444 g/mol. The lowest BCUT2D eigenvalue weighted by Gasteiger charge is -2.39. The largest absolute Gasteiger partial charge is 0.378 e. The summed E-state index contributed by atoms with van der Waals surface area (Å²) < 4.78 is 0. The van der Waals surface area contributed by atoms with E-state index in [0.29, 0.717) is 23.4 Å². The van der Waals surface area contributed by atoms with Crippen molar-refractivity contribution in [2.45, 2.75) is 46.5 Å². The first-order valence-electron chi connectivity index (χ1n) is 11.3. The molecule has 1 aliphatic heterocycles. The Labute approximate surface area is 195 Å². The van der Waals surface area contributed by atoms with Crippen molar-refractivity contribution >= 4 is 23.2 Å². The van der Waals surface area contributed by atoms with Gasteiger partial charge in [-0.05, 0) is 55.0 Å². The van der Waals surface area contributed by atoms with Crippen LogP contribution in [0.3, 0.4) is 0 Å². The molecule has 2 N–H and O–H groups in total. The highest BCUT2D eigenvalue weighted by Crippen LogP contribution is 2.46. The van der Waals surface area contributed by atoms with Crippen molar-refractivity contribution in [1.29, 1.82) is 0 Å². The molecule has 6 heteroatoms. The third kappa shape index (κ3) is 4.56. The lowest BCUT2D eigenvalue weighted by atomic mass is 9.68. The van der Waals surface area contributed by atoms with Crippen LogP contribution >= 0.6 is 0 Å². The van der Waals surface area contributed by atoms with E-state index in [1.54, 1.807) is 12.3 Å². The lowest BCUT2D eigenvalue weighted by molar-refractivity contribution is -0.118. The van der Waals surface area contributed by atoms with Gasteiger partial charge in [0.05, 0.1) is 0 Å². The minimum absolute atomic E-state index is 0.0988. The number of carbonyl (C=O) groups is 2. The van der Waals surface area contributed by atoms with Crippen LogP contribution < -0.4 is 15.5 Å². The van der Waals surface area contributed by atoms with Crippen molar-refractivity contribution in [3.63, 3.8) is 0 Å². The molecule has 2 aromatic rings. The molecule has 1 atom stereocenters. The van der Waals surface area contributed by atoms with Gasteiger partial charge in [0.2, 0.25) is 0 Å². The van der Waals surface area contributed by atoms with Gasteiger partial charge in [0.1, 0.15) is 5.82 Å². The molecule has 1 aliphatic carbocycles. The highest BCUT2D eigenvalue weighted by molar-refractivity contribution is 6.09. The summed E-state index contributed by atoms with van der Waals surface area (Å²) in [4.78, 5) is 33.3. The van der Waals surface area contributed by atoms with Crippen LogP contribution in [0.15, 0.2) is 65.1 Å². The highest BCUT2D eigenvalue weighted by atomic mass is 16.2. The number of dihydropyridines is 1. The SMILES string of the molecule is CC1=C(C(=O)Nc2ccc(C)cn2)[C@@H](c2ccc(N(C)C)cc2)C2=C(CC(C)(C)CC2=O)N1. The molecule has 0 saturated carbocycles. The number of carbonyl (C=O) groups excluding carboxylic acids is 2. The maximum absolute atomic E-state index is 13.5. The van der Waals surface area contributed by atoms with Crippen LogP contribution in [-0.4, -0.2) is 30.8 Å². The number of anilines is 2. The maximum Gasteiger partial charge on any atom is 0.255 e. The van der Waals surface area contributed by atoms with E-state index >= 15 is 0 Å². The van der Waals surface area contributed by atoms with Gasteiger partial charge in [0, 0.05) is 60.9 Å². The number of rotatable bonds is 4. The van der Waals surface area contributed by atoms with Crippen molar-refractivity contribution in [3.8, 4) is 0 Å². The number of hydrogen-bond acceptors (Lipinski definition) is 5. The van der Waals surface area contributed by atoms with E-state index in [0.717, 1.165) is 34.6 Å². The Morgan fingerprint density at radius 1 is 1.09 bits per heavy atom. The molecular weight excluding hydrogens is 412 g/mol. The summed E-state index contributed by atoms with van der Waals surface area (Å²) >= 11 is 0. The number of amides is 1. The van der Waals surface area contributed by atoms with Gasteiger partial charge in [-0.3, -0.25) is 9.59 Å². The van der Waals surface area contributed by atoms with Crippen LogP contribution in [0.4, 0.5) is 11.5 Å². The van der Waals surface area contributed by atoms with Crippen LogP contribution in [0.1, 0.15) is 50.7 Å². The molecular formula is C27H32N4O2. The number of allylic oxidation sites excluding steroid dienone is 3. The van der Waals surface area contributed by atoms with Gasteiger partial charge < -0.3 is 15.5 Å². The Kier molecular flexibility index (Phi) is 5.87. The van der Waals surface area contributed by atoms with Crippen molar-refractivity contribution in [1.82, 2.24) is 10.3 Å². The third-order valence-corrected chi connectivity index (χ3v) is 6.38. The second-order valence-corrected chi connectivity index (χ2v) is 10.1. The summed E-state index contributed by atoms with van der Waals surface area (Å²) in [5, 5.41) is 6.34. The number of aromatic nitrogens is 1. The van der Waals surface area contributed by atoms with E-state index in [9.17, 15) is 9.59 Å². The molecule has 1 aromatic carbocycles. The number of benzene rings is 1. The first kappa shape index (κ1) is 22.8. The van der Waals surface area contributed by atoms with Crippen LogP contribution in [0.25, 0.3) is 0 Å². The summed E-state index contributed by atoms with van der Waals surface area (Å²) in [6.07, 6.45) is 2.96. The first-order chi connectivity index (χ1) is 15.6. The van der Waals surface area contributed by atoms with Gasteiger partial charge in [-0.2, -0.15) is 0 Å².